The molecule has 0 bridgehead atoms. The Kier molecular flexibility index (Phi) is 3.82. The van der Waals surface area contributed by atoms with Gasteiger partial charge in [0.1, 0.15) is 5.82 Å². The third-order valence-electron chi connectivity index (χ3n) is 5.24. The average Bonchev–Trinajstić information content (AvgIpc) is 2.94. The number of piperazine rings is 1. The van der Waals surface area contributed by atoms with Crippen molar-refractivity contribution in [3.8, 4) is 0 Å². The number of nitrogens with two attached hydrogens (primary N) is 2. The van der Waals surface area contributed by atoms with Crippen molar-refractivity contribution in [1.82, 2.24) is 15.8 Å². The Hall–Kier alpha value is -1.90. The summed E-state index contributed by atoms with van der Waals surface area (Å²) in [5.74, 6) is -1.31. The van der Waals surface area contributed by atoms with Crippen molar-refractivity contribution in [3.05, 3.63) is 29.6 Å². The number of anilines is 1. The van der Waals surface area contributed by atoms with Gasteiger partial charge in [-0.05, 0) is 31.5 Å². The molecule has 7 nitrogen and oxygen atoms in total. The van der Waals surface area contributed by atoms with Gasteiger partial charge in [-0.25, -0.2) is 9.38 Å². The third kappa shape index (κ3) is 2.70. The molecule has 0 spiro atoms. The van der Waals surface area contributed by atoms with Gasteiger partial charge < -0.3 is 10.6 Å². The Labute approximate surface area is 140 Å². The summed E-state index contributed by atoms with van der Waals surface area (Å²) >= 11 is 0. The predicted octanol–water partition coefficient (Wildman–Crippen LogP) is -0.00830. The van der Waals surface area contributed by atoms with Gasteiger partial charge in [-0.3, -0.25) is 16.1 Å². The molecular formula is C16H24FN7. The van der Waals surface area contributed by atoms with E-state index in [0.29, 0.717) is 17.3 Å². The molecule has 130 valence electrons. The van der Waals surface area contributed by atoms with Crippen LogP contribution in [0.1, 0.15) is 24.8 Å². The molecule has 6 N–H and O–H groups in total. The van der Waals surface area contributed by atoms with Crippen molar-refractivity contribution in [2.45, 2.75) is 31.1 Å². The van der Waals surface area contributed by atoms with Crippen molar-refractivity contribution >= 4 is 11.6 Å². The number of hydrogen-bond acceptors (Lipinski definition) is 7. The average molecular weight is 333 g/mol. The fourth-order valence-corrected chi connectivity index (χ4v) is 3.92. The van der Waals surface area contributed by atoms with Crippen LogP contribution in [0.4, 0.5) is 10.1 Å². The highest BCUT2D eigenvalue weighted by atomic mass is 19.1. The molecule has 2 unspecified atom stereocenters. The third-order valence-corrected chi connectivity index (χ3v) is 5.24. The van der Waals surface area contributed by atoms with E-state index in [1.807, 2.05) is 6.07 Å². The number of fused-ring (bicyclic) bond motifs is 1. The summed E-state index contributed by atoms with van der Waals surface area (Å²) in [6.07, 6.45) is 3.75. The SMILES string of the molecule is NC1=NC(N)(c2ccc(N3CCN4CCCCC4C3)c(F)c2)NN1. The molecule has 1 aromatic rings. The van der Waals surface area contributed by atoms with E-state index in [2.05, 4.69) is 25.6 Å². The summed E-state index contributed by atoms with van der Waals surface area (Å²) in [5, 5.41) is 0. The minimum Gasteiger partial charge on any atom is -0.369 e. The lowest BCUT2D eigenvalue weighted by molar-refractivity contribution is 0.133. The highest BCUT2D eigenvalue weighted by Gasteiger charge is 2.33. The maximum Gasteiger partial charge on any atom is 0.209 e. The zero-order valence-corrected chi connectivity index (χ0v) is 13.6. The highest BCUT2D eigenvalue weighted by molar-refractivity contribution is 5.79. The number of guanidine groups is 1. The largest absolute Gasteiger partial charge is 0.369 e. The number of halogens is 1. The van der Waals surface area contributed by atoms with E-state index < -0.39 is 5.79 Å². The number of nitrogens with one attached hydrogen (secondary N) is 2. The van der Waals surface area contributed by atoms with Gasteiger partial charge in [-0.15, -0.1) is 0 Å². The number of hydrazine groups is 1. The Morgan fingerprint density at radius 3 is 2.88 bits per heavy atom. The van der Waals surface area contributed by atoms with Crippen LogP contribution in [0.25, 0.3) is 0 Å². The molecule has 0 saturated carbocycles. The van der Waals surface area contributed by atoms with Gasteiger partial charge in [-0.2, -0.15) is 5.43 Å². The minimum absolute atomic E-state index is 0.190. The molecule has 2 saturated heterocycles. The maximum atomic E-state index is 14.7. The van der Waals surface area contributed by atoms with Crippen LogP contribution in [0.5, 0.6) is 0 Å². The van der Waals surface area contributed by atoms with Crippen molar-refractivity contribution in [1.29, 1.82) is 0 Å². The van der Waals surface area contributed by atoms with Crippen molar-refractivity contribution in [2.75, 3.05) is 31.1 Å². The number of piperidine rings is 1. The van der Waals surface area contributed by atoms with E-state index in [0.717, 1.165) is 19.6 Å². The lowest BCUT2D eigenvalue weighted by atomic mass is 9.99. The molecule has 0 aromatic heterocycles. The van der Waals surface area contributed by atoms with Crippen LogP contribution in [-0.4, -0.2) is 43.1 Å². The topological polar surface area (TPSA) is 94.9 Å². The standard InChI is InChI=1S/C16H24FN7/c17-13-9-11(16(19)20-15(18)21-22-16)4-5-14(13)24-8-7-23-6-2-1-3-12(23)10-24/h4-5,9,12,22H,1-3,6-8,10,19H2,(H3,18,20,21). The van der Waals surface area contributed by atoms with Gasteiger partial charge in [0.25, 0.3) is 0 Å². The van der Waals surface area contributed by atoms with Crippen LogP contribution in [0.15, 0.2) is 23.2 Å². The van der Waals surface area contributed by atoms with E-state index in [1.165, 1.54) is 31.9 Å². The fraction of sp³-hybridized carbons (Fsp3) is 0.562. The summed E-state index contributed by atoms with van der Waals surface area (Å²) in [5.41, 5.74) is 18.3. The summed E-state index contributed by atoms with van der Waals surface area (Å²) in [6.45, 7) is 3.91. The van der Waals surface area contributed by atoms with E-state index in [9.17, 15) is 4.39 Å². The zero-order chi connectivity index (χ0) is 16.7. The Morgan fingerprint density at radius 1 is 1.25 bits per heavy atom. The number of benzene rings is 1. The smallest absolute Gasteiger partial charge is 0.209 e. The van der Waals surface area contributed by atoms with Gasteiger partial charge in [0, 0.05) is 31.2 Å². The van der Waals surface area contributed by atoms with Crippen LogP contribution in [0, 0.1) is 5.82 Å². The van der Waals surface area contributed by atoms with Crippen LogP contribution in [0.2, 0.25) is 0 Å². The van der Waals surface area contributed by atoms with Crippen LogP contribution >= 0.6 is 0 Å². The Morgan fingerprint density at radius 2 is 2.12 bits per heavy atom. The lowest BCUT2D eigenvalue weighted by Gasteiger charge is -2.45. The van der Waals surface area contributed by atoms with E-state index >= 15 is 0 Å². The van der Waals surface area contributed by atoms with Crippen molar-refractivity contribution in [3.63, 3.8) is 0 Å². The molecule has 3 aliphatic heterocycles. The molecular weight excluding hydrogens is 309 g/mol. The van der Waals surface area contributed by atoms with Crippen LogP contribution in [-0.2, 0) is 5.79 Å². The number of hydrogen-bond donors (Lipinski definition) is 4. The molecule has 8 heteroatoms. The number of nitrogens with zero attached hydrogens (tertiary/aromatic N) is 3. The van der Waals surface area contributed by atoms with Gasteiger partial charge in [0.2, 0.25) is 11.7 Å². The zero-order valence-electron chi connectivity index (χ0n) is 13.6. The van der Waals surface area contributed by atoms with Crippen molar-refractivity contribution in [2.24, 2.45) is 16.5 Å². The molecule has 3 aliphatic rings. The number of rotatable bonds is 2. The predicted molar refractivity (Wildman–Crippen MR) is 91.6 cm³/mol. The molecule has 0 radical (unpaired) electrons. The van der Waals surface area contributed by atoms with Gasteiger partial charge in [-0.1, -0.05) is 12.5 Å². The first-order valence-electron chi connectivity index (χ1n) is 8.51. The maximum absolute atomic E-state index is 14.7. The minimum atomic E-state index is -1.23. The van der Waals surface area contributed by atoms with E-state index in [4.69, 9.17) is 11.5 Å². The molecule has 24 heavy (non-hydrogen) atoms. The second kappa shape index (κ2) is 5.87. The highest BCUT2D eigenvalue weighted by Crippen LogP contribution is 2.29. The molecule has 2 atom stereocenters. The molecule has 1 aromatic carbocycles. The summed E-state index contributed by atoms with van der Waals surface area (Å²) in [6, 6.07) is 5.59. The molecule has 0 aliphatic carbocycles. The molecule has 4 rings (SSSR count). The Balaban J connectivity index is 1.54. The first-order chi connectivity index (χ1) is 11.5. The van der Waals surface area contributed by atoms with Crippen molar-refractivity contribution < 1.29 is 4.39 Å². The molecule has 2 fully saturated rings. The van der Waals surface area contributed by atoms with Crippen LogP contribution in [0.3, 0.4) is 0 Å². The van der Waals surface area contributed by atoms with Gasteiger partial charge in [0.05, 0.1) is 5.69 Å². The molecule has 0 amide bonds. The second-order valence-electron chi connectivity index (χ2n) is 6.81. The Bertz CT molecular complexity index is 664. The van der Waals surface area contributed by atoms with Gasteiger partial charge in [0.15, 0.2) is 0 Å². The fourth-order valence-electron chi connectivity index (χ4n) is 3.92. The summed E-state index contributed by atoms with van der Waals surface area (Å²) < 4.78 is 14.7. The normalized spacial score (nSPS) is 30.7. The van der Waals surface area contributed by atoms with E-state index in [1.54, 1.807) is 6.07 Å². The van der Waals surface area contributed by atoms with Crippen LogP contribution < -0.4 is 27.2 Å². The number of aliphatic imine (C=N–C) groups is 1. The quantitative estimate of drug-likeness (QED) is 0.608. The first-order valence-corrected chi connectivity index (χ1v) is 8.51. The van der Waals surface area contributed by atoms with E-state index in [-0.39, 0.29) is 11.8 Å². The summed E-state index contributed by atoms with van der Waals surface area (Å²) in [7, 11) is 0. The lowest BCUT2D eigenvalue weighted by Crippen LogP contribution is -2.55. The monoisotopic (exact) mass is 333 g/mol. The first kappa shape index (κ1) is 15.6. The summed E-state index contributed by atoms with van der Waals surface area (Å²) in [4.78, 5) is 8.77. The second-order valence-corrected chi connectivity index (χ2v) is 6.81. The molecule has 3 heterocycles. The van der Waals surface area contributed by atoms with Gasteiger partial charge >= 0.3 is 0 Å².